The first-order valence-corrected chi connectivity index (χ1v) is 22.3. The van der Waals surface area contributed by atoms with E-state index in [0.29, 0.717) is 0 Å². The summed E-state index contributed by atoms with van der Waals surface area (Å²) >= 11 is 0. The van der Waals surface area contributed by atoms with Gasteiger partial charge in [-0.15, -0.1) is 0 Å². The second kappa shape index (κ2) is 27.1. The number of aliphatic carboxylic acids is 1. The Bertz CT molecular complexity index is 1740. The van der Waals surface area contributed by atoms with Gasteiger partial charge in [-0.2, -0.15) is 0 Å². The molecule has 4 rings (SSSR count). The zero-order valence-corrected chi connectivity index (χ0v) is 38.5. The van der Waals surface area contributed by atoms with Crippen LogP contribution in [0.4, 0.5) is 0 Å². The summed E-state index contributed by atoms with van der Waals surface area (Å²) in [7, 11) is 0. The average molecular weight is 1060 g/mol. The maximum atomic E-state index is 13.4. The fourth-order valence-corrected chi connectivity index (χ4v) is 8.53. The summed E-state index contributed by atoms with van der Waals surface area (Å²) in [5.74, 6) is -8.66. The molecule has 4 heterocycles. The Morgan fingerprint density at radius 3 is 1.72 bits per heavy atom. The third kappa shape index (κ3) is 14.0. The van der Waals surface area contributed by atoms with E-state index in [1.807, 2.05) is 0 Å². The summed E-state index contributed by atoms with van der Waals surface area (Å²) in [5.41, 5.74) is 0. The van der Waals surface area contributed by atoms with E-state index >= 15 is 0 Å². The Morgan fingerprint density at radius 1 is 0.625 bits per heavy atom. The number of carbonyl (C=O) groups excluding carboxylic acids is 3. The van der Waals surface area contributed by atoms with Crippen LogP contribution in [0.25, 0.3) is 0 Å². The van der Waals surface area contributed by atoms with Crippen molar-refractivity contribution in [3.63, 3.8) is 0 Å². The molecule has 0 bridgehead atoms. The summed E-state index contributed by atoms with van der Waals surface area (Å²) in [6.07, 6.45) is -46.2. The van der Waals surface area contributed by atoms with E-state index in [-0.39, 0.29) is 0 Å². The number of hydrogen-bond donors (Lipinski definition) is 21. The van der Waals surface area contributed by atoms with Crippen LogP contribution in [0.3, 0.4) is 0 Å². The van der Waals surface area contributed by atoms with Crippen molar-refractivity contribution in [2.75, 3.05) is 46.2 Å². The molecular formula is C39H67N3O30. The van der Waals surface area contributed by atoms with Gasteiger partial charge >= 0.3 is 5.97 Å². The van der Waals surface area contributed by atoms with Crippen LogP contribution in [0, 0.1) is 0 Å². The summed E-state index contributed by atoms with van der Waals surface area (Å²) < 4.78 is 46.4. The van der Waals surface area contributed by atoms with Crippen LogP contribution in [0.15, 0.2) is 0 Å². The normalized spacial score (nSPS) is 39.9. The molecule has 0 aromatic heterocycles. The molecule has 0 spiro atoms. The molecule has 0 saturated carbocycles. The predicted octanol–water partition coefficient (Wildman–Crippen LogP) is -13.7. The highest BCUT2D eigenvalue weighted by atomic mass is 16.8. The third-order valence-corrected chi connectivity index (χ3v) is 12.3. The predicted molar refractivity (Wildman–Crippen MR) is 222 cm³/mol. The van der Waals surface area contributed by atoms with Crippen molar-refractivity contribution in [1.82, 2.24) is 16.0 Å². The van der Waals surface area contributed by atoms with E-state index in [2.05, 4.69) is 16.0 Å². The quantitative estimate of drug-likeness (QED) is 0.0427. The van der Waals surface area contributed by atoms with Gasteiger partial charge in [0.15, 0.2) is 18.9 Å². The van der Waals surface area contributed by atoms with Crippen LogP contribution in [0.5, 0.6) is 0 Å². The van der Waals surface area contributed by atoms with Crippen molar-refractivity contribution < 1.29 is 149 Å². The lowest BCUT2D eigenvalue weighted by atomic mass is 9.88. The fraction of sp³-hybridized carbons (Fsp3) is 0.897. The lowest BCUT2D eigenvalue weighted by Crippen LogP contribution is -2.72. The Hall–Kier alpha value is -3.12. The Kier molecular flexibility index (Phi) is 23.1. The van der Waals surface area contributed by atoms with Gasteiger partial charge in [-0.05, 0) is 0 Å². The minimum Gasteiger partial charge on any atom is -0.477 e. The van der Waals surface area contributed by atoms with Crippen molar-refractivity contribution in [2.24, 2.45) is 0 Å². The number of rotatable bonds is 24. The zero-order valence-electron chi connectivity index (χ0n) is 38.5. The van der Waals surface area contributed by atoms with Crippen molar-refractivity contribution in [1.29, 1.82) is 0 Å². The van der Waals surface area contributed by atoms with Gasteiger partial charge in [0, 0.05) is 20.3 Å². The van der Waals surface area contributed by atoms with Crippen molar-refractivity contribution >= 4 is 23.7 Å². The van der Waals surface area contributed by atoms with E-state index in [0.717, 1.165) is 13.8 Å². The van der Waals surface area contributed by atoms with Crippen LogP contribution < -0.4 is 16.0 Å². The molecule has 33 heteroatoms. The molecule has 0 aromatic rings. The summed E-state index contributed by atoms with van der Waals surface area (Å²) in [6.45, 7) is -6.14. The molecule has 4 aliphatic heterocycles. The monoisotopic (exact) mass is 1060 g/mol. The van der Waals surface area contributed by atoms with Gasteiger partial charge in [-0.1, -0.05) is 0 Å². The molecule has 0 unspecified atom stereocenters. The molecule has 418 valence electrons. The smallest absolute Gasteiger partial charge is 0.364 e. The van der Waals surface area contributed by atoms with Crippen LogP contribution >= 0.6 is 0 Å². The zero-order chi connectivity index (χ0) is 54.1. The minimum atomic E-state index is -3.42. The maximum Gasteiger partial charge on any atom is 0.364 e. The van der Waals surface area contributed by atoms with Gasteiger partial charge in [0.05, 0.1) is 57.8 Å². The third-order valence-electron chi connectivity index (χ3n) is 12.3. The molecular weight excluding hydrogens is 990 g/mol. The van der Waals surface area contributed by atoms with Crippen LogP contribution in [-0.4, -0.2) is 315 Å². The molecule has 4 aliphatic rings. The molecule has 0 radical (unpaired) electrons. The van der Waals surface area contributed by atoms with E-state index in [1.54, 1.807) is 0 Å². The highest BCUT2D eigenvalue weighted by Gasteiger charge is 2.62. The molecule has 4 fully saturated rings. The van der Waals surface area contributed by atoms with Gasteiger partial charge in [0.2, 0.25) is 17.7 Å². The van der Waals surface area contributed by atoms with Crippen LogP contribution in [0.1, 0.15) is 20.3 Å². The largest absolute Gasteiger partial charge is 0.477 e. The SMILES string of the molecule is CC(=O)N[C@H]1[C@H](O[C@@H]2[C@H](O[C@]3(C(=O)O)C[C@H](O)[C@@H](NC(=O)CO)[C@H]([C@H](O)[C@H](O)CO)O3)[C@@H](O)[C@H](O[C@@H]([C@@H](O)[C@H](O)CO)[C@H](CO)NC(C)=O)O[C@@H]2CO)O[C@H](CO)[C@H](O[C@H]2O[C@H](CO)[C@H](O)[C@H](O)[C@H]2O)[C@@H]1O. The number of hydrogen-bond acceptors (Lipinski definition) is 29. The molecule has 21 N–H and O–H groups in total. The Morgan fingerprint density at radius 2 is 1.19 bits per heavy atom. The Labute approximate surface area is 407 Å². The number of amides is 3. The first-order chi connectivity index (χ1) is 33.9. The highest BCUT2D eigenvalue weighted by Crippen LogP contribution is 2.40. The maximum absolute atomic E-state index is 13.4. The summed E-state index contributed by atoms with van der Waals surface area (Å²) in [4.78, 5) is 50.6. The minimum absolute atomic E-state index is 0.861. The number of carbonyl (C=O) groups is 4. The number of carboxylic acids is 1. The molecule has 25 atom stereocenters. The molecule has 72 heavy (non-hydrogen) atoms. The lowest BCUT2D eigenvalue weighted by Gasteiger charge is -2.52. The van der Waals surface area contributed by atoms with Gasteiger partial charge in [-0.3, -0.25) is 14.4 Å². The number of ether oxygens (including phenoxy) is 8. The van der Waals surface area contributed by atoms with E-state index in [1.165, 1.54) is 0 Å². The van der Waals surface area contributed by atoms with Crippen molar-refractivity contribution in [3.8, 4) is 0 Å². The van der Waals surface area contributed by atoms with E-state index in [4.69, 9.17) is 37.9 Å². The molecule has 3 amide bonds. The molecule has 0 aromatic carbocycles. The summed E-state index contributed by atoms with van der Waals surface area (Å²) in [5, 5.41) is 197. The van der Waals surface area contributed by atoms with Gasteiger partial charge in [0.1, 0.15) is 116 Å². The average Bonchev–Trinajstić information content (AvgIpc) is 3.35. The number of nitrogens with one attached hydrogen (secondary N) is 3. The first kappa shape index (κ1) is 61.4. The standard InChI is InChI=1S/C39H67N3O30/c1-11(50)40-13(4-43)30(23(56)15(53)5-44)68-37-29(62)34(72-39(38(63)64)3-14(52)21(42-20(55)10-49)33(71-39)24(57)16(54)6-45)32(19(9-48)67-37)70-35-22(41-12(2)51)26(59)31(18(8-47)66-35)69-36-28(61)27(60)25(58)17(7-46)65-36/h13-19,21-37,43-49,52-54,56-62H,3-10H2,1-2H3,(H,40,50)(H,41,51)(H,42,55)(H,63,64)/t13-,14-,15+,16+,17+,18+,19+,21+,22+,23-,24+,25-,26+,27-,28+,29+,30+,31-,32-,33+,34+,35-,36+,37-,39-/m0/s1. The molecule has 4 saturated heterocycles. The van der Waals surface area contributed by atoms with E-state index in [9.17, 15) is 111 Å². The summed E-state index contributed by atoms with van der Waals surface area (Å²) in [6, 6.07) is -5.54. The lowest BCUT2D eigenvalue weighted by molar-refractivity contribution is -0.397. The van der Waals surface area contributed by atoms with Gasteiger partial charge < -0.3 is 146 Å². The van der Waals surface area contributed by atoms with Crippen LogP contribution in [0.2, 0.25) is 0 Å². The van der Waals surface area contributed by atoms with Crippen LogP contribution in [-0.2, 0) is 57.1 Å². The van der Waals surface area contributed by atoms with E-state index < -0.39 is 229 Å². The number of aliphatic hydroxyl groups excluding tert-OH is 17. The molecule has 0 aliphatic carbocycles. The number of carboxylic acid groups (broad SMARTS) is 1. The number of aliphatic hydroxyl groups is 17. The second-order valence-electron chi connectivity index (χ2n) is 17.4. The second-order valence-corrected chi connectivity index (χ2v) is 17.4. The highest BCUT2D eigenvalue weighted by molar-refractivity contribution is 5.78. The fourth-order valence-electron chi connectivity index (χ4n) is 8.53. The Balaban J connectivity index is 1.87. The topological polar surface area (TPSA) is 542 Å². The van der Waals surface area contributed by atoms with Gasteiger partial charge in [-0.25, -0.2) is 4.79 Å². The van der Waals surface area contributed by atoms with Crippen molar-refractivity contribution in [2.45, 2.75) is 173 Å². The molecule has 33 nitrogen and oxygen atoms in total. The van der Waals surface area contributed by atoms with Gasteiger partial charge in [0.25, 0.3) is 5.79 Å². The first-order valence-electron chi connectivity index (χ1n) is 22.3. The van der Waals surface area contributed by atoms with Crippen molar-refractivity contribution in [3.05, 3.63) is 0 Å².